The van der Waals surface area contributed by atoms with E-state index in [1.165, 1.54) is 49.3 Å². The van der Waals surface area contributed by atoms with E-state index in [4.69, 9.17) is 5.73 Å². The van der Waals surface area contributed by atoms with Crippen LogP contribution in [-0.2, 0) is 25.6 Å². The normalized spacial score (nSPS) is 25.4. The molecule has 3 aliphatic carbocycles. The molecule has 1 fully saturated rings. The molecule has 0 heterocycles. The van der Waals surface area contributed by atoms with E-state index >= 15 is 0 Å². The number of anilines is 1. The number of rotatable bonds is 5. The van der Waals surface area contributed by atoms with Crippen LogP contribution in [0.1, 0.15) is 27.9 Å². The predicted octanol–water partition coefficient (Wildman–Crippen LogP) is 2.32. The van der Waals surface area contributed by atoms with E-state index in [1.807, 2.05) is 0 Å². The number of fused-ring (bicyclic) bond motifs is 3. The van der Waals surface area contributed by atoms with Crippen molar-refractivity contribution in [3.05, 3.63) is 70.0 Å². The van der Waals surface area contributed by atoms with Gasteiger partial charge in [0, 0.05) is 11.5 Å². The summed E-state index contributed by atoms with van der Waals surface area (Å²) in [7, 11) is 3.06. The molecule has 2 amide bonds. The fourth-order valence-corrected chi connectivity index (χ4v) is 6.73. The van der Waals surface area contributed by atoms with Gasteiger partial charge in [0.15, 0.2) is 11.4 Å². The number of ketones is 2. The van der Waals surface area contributed by atoms with E-state index in [0.29, 0.717) is 11.1 Å². The third-order valence-corrected chi connectivity index (χ3v) is 9.21. The summed E-state index contributed by atoms with van der Waals surface area (Å²) in [5, 5.41) is 57.1. The van der Waals surface area contributed by atoms with Crippen LogP contribution in [0, 0.1) is 11.8 Å². The summed E-state index contributed by atoms with van der Waals surface area (Å²) >= 11 is 3.28. The molecule has 2 aromatic carbocycles. The first kappa shape index (κ1) is 32.2. The van der Waals surface area contributed by atoms with Crippen molar-refractivity contribution < 1.29 is 44.7 Å². The lowest BCUT2D eigenvalue weighted by Gasteiger charge is -2.50. The number of Topliss-reactive ketones (excluding diaryl/α,β-unsaturated/α-hetero) is 2. The molecular formula is C29H29Br2N3O9. The first-order valence-electron chi connectivity index (χ1n) is 12.9. The Hall–Kier alpha value is -3.72. The van der Waals surface area contributed by atoms with Crippen molar-refractivity contribution in [3.63, 3.8) is 0 Å². The van der Waals surface area contributed by atoms with E-state index in [9.17, 15) is 44.7 Å². The van der Waals surface area contributed by atoms with Gasteiger partial charge in [0.05, 0.1) is 17.3 Å². The number of phenolic OH excluding ortho intramolecular Hbond substituents is 2. The zero-order chi connectivity index (χ0) is 30.8. The lowest BCUT2D eigenvalue weighted by molar-refractivity contribution is -0.153. The van der Waals surface area contributed by atoms with Crippen LogP contribution in [-0.4, -0.2) is 79.6 Å². The zero-order valence-electron chi connectivity index (χ0n) is 22.9. The van der Waals surface area contributed by atoms with Gasteiger partial charge in [0.1, 0.15) is 33.4 Å². The molecule has 5 atom stereocenters. The molecule has 8 N–H and O–H groups in total. The van der Waals surface area contributed by atoms with E-state index in [-0.39, 0.29) is 52.4 Å². The minimum atomic E-state index is -2.74. The third kappa shape index (κ3) is 4.91. The average Bonchev–Trinajstić information content (AvgIpc) is 2.91. The molecule has 0 aliphatic heterocycles. The van der Waals surface area contributed by atoms with Gasteiger partial charge in [-0.2, -0.15) is 0 Å². The van der Waals surface area contributed by atoms with E-state index in [1.54, 1.807) is 6.07 Å². The number of nitrogens with zero attached hydrogens (tertiary/aromatic N) is 1. The number of nitrogens with two attached hydrogens (primary N) is 1. The quantitative estimate of drug-likeness (QED) is 0.136. The van der Waals surface area contributed by atoms with Crippen LogP contribution in [0.15, 0.2) is 53.3 Å². The lowest BCUT2D eigenvalue weighted by Crippen LogP contribution is -2.65. The molecule has 228 valence electrons. The number of primary amides is 1. The molecule has 0 aromatic heterocycles. The third-order valence-electron chi connectivity index (χ3n) is 8.27. The topological polar surface area (TPSA) is 211 Å². The molecule has 14 heteroatoms. The molecule has 1 saturated carbocycles. The molecule has 0 bridgehead atoms. The largest absolute Gasteiger partial charge is 0.508 e. The van der Waals surface area contributed by atoms with Crippen LogP contribution in [0.5, 0.6) is 11.5 Å². The van der Waals surface area contributed by atoms with Gasteiger partial charge in [-0.15, -0.1) is 17.0 Å². The molecule has 5 rings (SSSR count). The molecule has 0 saturated heterocycles. The number of hydrogen-bond acceptors (Lipinski definition) is 10. The monoisotopic (exact) mass is 721 g/mol. The van der Waals surface area contributed by atoms with Crippen molar-refractivity contribution in [1.29, 1.82) is 0 Å². The number of aliphatic hydroxyl groups excluding tert-OH is 2. The summed E-state index contributed by atoms with van der Waals surface area (Å²) in [5.41, 5.74) is 2.19. The summed E-state index contributed by atoms with van der Waals surface area (Å²) in [6.45, 7) is 0. The maximum absolute atomic E-state index is 13.9. The highest BCUT2D eigenvalue weighted by Gasteiger charge is 2.64. The van der Waals surface area contributed by atoms with Crippen molar-refractivity contribution in [2.24, 2.45) is 17.6 Å². The molecule has 43 heavy (non-hydrogen) atoms. The van der Waals surface area contributed by atoms with Gasteiger partial charge in [-0.05, 0) is 62.2 Å². The van der Waals surface area contributed by atoms with Gasteiger partial charge in [-0.3, -0.25) is 24.1 Å². The van der Waals surface area contributed by atoms with E-state index < -0.39 is 74.5 Å². The number of hydrogen-bond donors (Lipinski definition) is 7. The summed E-state index contributed by atoms with van der Waals surface area (Å²) in [6.07, 6.45) is 0.105. The first-order valence-corrected chi connectivity index (χ1v) is 13.8. The smallest absolute Gasteiger partial charge is 0.255 e. The van der Waals surface area contributed by atoms with Crippen molar-refractivity contribution in [2.45, 2.75) is 29.3 Å². The van der Waals surface area contributed by atoms with Gasteiger partial charge >= 0.3 is 0 Å². The highest BCUT2D eigenvalue weighted by atomic mass is 79.9. The van der Waals surface area contributed by atoms with Gasteiger partial charge in [0.2, 0.25) is 11.7 Å². The number of nitrogens with one attached hydrogen (secondary N) is 1. The molecule has 3 aliphatic rings. The SMILES string of the molecule is Br.CN(C)[C@@H]1C(=O)C(C(N)=O)=C(O)C2(O)C(=O)C3=C(O)c4c(ccc(NC(=O)C(Br)c5ccc(O)cc5)c4O)CC3CC12. The van der Waals surface area contributed by atoms with Crippen LogP contribution in [0.4, 0.5) is 5.69 Å². The van der Waals surface area contributed by atoms with Crippen molar-refractivity contribution in [3.8, 4) is 11.5 Å². The molecular weight excluding hydrogens is 694 g/mol. The minimum absolute atomic E-state index is 0. The Bertz CT molecular complexity index is 1620. The van der Waals surface area contributed by atoms with E-state index in [2.05, 4.69) is 21.2 Å². The fourth-order valence-electron chi connectivity index (χ4n) is 6.31. The molecule has 0 radical (unpaired) electrons. The molecule has 4 unspecified atom stereocenters. The summed E-state index contributed by atoms with van der Waals surface area (Å²) in [6, 6.07) is 7.76. The predicted molar refractivity (Wildman–Crippen MR) is 163 cm³/mol. The Morgan fingerprint density at radius 3 is 2.28 bits per heavy atom. The number of carbonyl (C=O) groups is 4. The Labute approximate surface area is 264 Å². The van der Waals surface area contributed by atoms with Crippen molar-refractivity contribution in [1.82, 2.24) is 4.90 Å². The number of phenols is 2. The van der Waals surface area contributed by atoms with Crippen molar-refractivity contribution >= 4 is 67.7 Å². The number of likely N-dealkylation sites (N-methyl/N-ethyl adjacent to an activating group) is 1. The standard InChI is InChI=1S/C29H28BrN3O9.BrH/c1-33(2)21-15-10-13-9-12-5-8-16(32-28(41)20(30)11-3-6-14(34)7-4-11)22(35)17(12)23(36)18(13)25(38)29(15,42)26(39)19(24(21)37)27(31)40;/h3-8,13,15,20-21,34-36,39,42H,9-10H2,1-2H3,(H2,31,40)(H,32,41);1H/t13?,15?,20?,21-,29?;/m0./s1. The van der Waals surface area contributed by atoms with Crippen LogP contribution < -0.4 is 11.1 Å². The van der Waals surface area contributed by atoms with Crippen LogP contribution in [0.25, 0.3) is 5.76 Å². The fraction of sp³-hybridized carbons (Fsp3) is 0.310. The first-order chi connectivity index (χ1) is 19.7. The summed E-state index contributed by atoms with van der Waals surface area (Å²) in [5.74, 6) is -8.02. The number of amides is 2. The molecule has 12 nitrogen and oxygen atoms in total. The minimum Gasteiger partial charge on any atom is -0.508 e. The Kier molecular flexibility index (Phi) is 8.55. The van der Waals surface area contributed by atoms with Gasteiger partial charge in [-0.25, -0.2) is 0 Å². The number of carbonyl (C=O) groups excluding carboxylic acids is 4. The maximum atomic E-state index is 13.9. The van der Waals surface area contributed by atoms with Gasteiger partial charge in [-0.1, -0.05) is 34.1 Å². The van der Waals surface area contributed by atoms with Gasteiger partial charge < -0.3 is 36.6 Å². The number of aromatic hydroxyl groups is 2. The number of alkyl halides is 1. The second kappa shape index (κ2) is 11.4. The summed E-state index contributed by atoms with van der Waals surface area (Å²) in [4.78, 5) is 52.7. The second-order valence-electron chi connectivity index (χ2n) is 10.9. The average molecular weight is 723 g/mol. The Balaban J connectivity index is 0.00000423. The number of aliphatic hydroxyl groups is 3. The van der Waals surface area contributed by atoms with Crippen LogP contribution >= 0.6 is 32.9 Å². The Morgan fingerprint density at radius 2 is 1.70 bits per heavy atom. The zero-order valence-corrected chi connectivity index (χ0v) is 26.2. The second-order valence-corrected chi connectivity index (χ2v) is 11.8. The summed E-state index contributed by atoms with van der Waals surface area (Å²) < 4.78 is 0. The Morgan fingerprint density at radius 1 is 1.07 bits per heavy atom. The number of halogens is 2. The lowest BCUT2D eigenvalue weighted by atomic mass is 9.57. The van der Waals surface area contributed by atoms with Gasteiger partial charge in [0.25, 0.3) is 5.91 Å². The van der Waals surface area contributed by atoms with Crippen molar-refractivity contribution in [2.75, 3.05) is 19.4 Å². The molecule has 2 aromatic rings. The highest BCUT2D eigenvalue weighted by molar-refractivity contribution is 9.09. The van der Waals surface area contributed by atoms with E-state index in [0.717, 1.165) is 0 Å². The number of benzene rings is 2. The molecule has 0 spiro atoms. The highest BCUT2D eigenvalue weighted by Crippen LogP contribution is 2.53. The van der Waals surface area contributed by atoms with Crippen LogP contribution in [0.3, 0.4) is 0 Å². The van der Waals surface area contributed by atoms with Crippen LogP contribution in [0.2, 0.25) is 0 Å². The maximum Gasteiger partial charge on any atom is 0.255 e.